The maximum Gasteiger partial charge on any atom is 0.136 e. The molecule has 0 saturated carbocycles. The molecule has 3 rings (SSSR count). The molecule has 1 aliphatic rings. The molecule has 1 fully saturated rings. The molecule has 1 N–H and O–H groups in total. The second-order valence-electron chi connectivity index (χ2n) is 3.91. The van der Waals surface area contributed by atoms with Crippen molar-refractivity contribution in [2.24, 2.45) is 0 Å². The number of benzene rings is 1. The highest BCUT2D eigenvalue weighted by Gasteiger charge is 2.21. The number of imidazole rings is 1. The first-order chi connectivity index (χ1) is 7.74. The monoisotopic (exact) mass is 292 g/mol. The third-order valence-electron chi connectivity index (χ3n) is 2.78. The SMILES string of the molecule is Cl.Clc1cc2nc(C3CCCO3)[nH]c2cc1Cl. The molecule has 0 spiro atoms. The van der Waals surface area contributed by atoms with E-state index in [4.69, 9.17) is 27.9 Å². The molecule has 1 aliphatic heterocycles. The van der Waals surface area contributed by atoms with E-state index < -0.39 is 0 Å². The highest BCUT2D eigenvalue weighted by Crippen LogP contribution is 2.31. The summed E-state index contributed by atoms with van der Waals surface area (Å²) in [5.74, 6) is 0.867. The zero-order valence-electron chi connectivity index (χ0n) is 8.87. The van der Waals surface area contributed by atoms with E-state index in [1.807, 2.05) is 0 Å². The first-order valence-corrected chi connectivity index (χ1v) is 5.96. The summed E-state index contributed by atoms with van der Waals surface area (Å²) in [5.41, 5.74) is 1.74. The fourth-order valence-corrected chi connectivity index (χ4v) is 2.29. The lowest BCUT2D eigenvalue weighted by atomic mass is 10.2. The quantitative estimate of drug-likeness (QED) is 0.858. The molecule has 2 heterocycles. The van der Waals surface area contributed by atoms with E-state index in [9.17, 15) is 0 Å². The van der Waals surface area contributed by atoms with Crippen molar-refractivity contribution in [3.05, 3.63) is 28.0 Å². The number of aromatic nitrogens is 2. The van der Waals surface area contributed by atoms with Crippen LogP contribution in [0.25, 0.3) is 11.0 Å². The van der Waals surface area contributed by atoms with Crippen LogP contribution in [0.15, 0.2) is 12.1 Å². The van der Waals surface area contributed by atoms with Gasteiger partial charge < -0.3 is 9.72 Å². The van der Waals surface area contributed by atoms with Gasteiger partial charge >= 0.3 is 0 Å². The minimum Gasteiger partial charge on any atom is -0.370 e. The van der Waals surface area contributed by atoms with Gasteiger partial charge in [0.15, 0.2) is 0 Å². The van der Waals surface area contributed by atoms with Gasteiger partial charge in [0.2, 0.25) is 0 Å². The largest absolute Gasteiger partial charge is 0.370 e. The molecule has 1 unspecified atom stereocenters. The maximum atomic E-state index is 5.95. The summed E-state index contributed by atoms with van der Waals surface area (Å²) in [4.78, 5) is 7.70. The Morgan fingerprint density at radius 3 is 2.76 bits per heavy atom. The van der Waals surface area contributed by atoms with Crippen LogP contribution in [-0.4, -0.2) is 16.6 Å². The zero-order valence-corrected chi connectivity index (χ0v) is 11.2. The number of ether oxygens (including phenoxy) is 1. The summed E-state index contributed by atoms with van der Waals surface area (Å²) < 4.78 is 5.57. The first-order valence-electron chi connectivity index (χ1n) is 5.20. The van der Waals surface area contributed by atoms with Gasteiger partial charge in [-0.3, -0.25) is 0 Å². The van der Waals surface area contributed by atoms with E-state index in [2.05, 4.69) is 9.97 Å². The van der Waals surface area contributed by atoms with Gasteiger partial charge in [-0.15, -0.1) is 12.4 Å². The van der Waals surface area contributed by atoms with Crippen LogP contribution in [-0.2, 0) is 4.74 Å². The van der Waals surface area contributed by atoms with E-state index in [0.29, 0.717) is 10.0 Å². The predicted molar refractivity (Wildman–Crippen MR) is 71.3 cm³/mol. The molecule has 17 heavy (non-hydrogen) atoms. The smallest absolute Gasteiger partial charge is 0.136 e. The average Bonchev–Trinajstić information content (AvgIpc) is 2.86. The second-order valence-corrected chi connectivity index (χ2v) is 4.72. The van der Waals surface area contributed by atoms with Crippen molar-refractivity contribution in [1.29, 1.82) is 0 Å². The number of halogens is 3. The lowest BCUT2D eigenvalue weighted by Gasteiger charge is -2.03. The Balaban J connectivity index is 0.00000108. The van der Waals surface area contributed by atoms with E-state index in [1.54, 1.807) is 12.1 Å². The van der Waals surface area contributed by atoms with Crippen LogP contribution in [0, 0.1) is 0 Å². The van der Waals surface area contributed by atoms with E-state index in [0.717, 1.165) is 36.3 Å². The number of hydrogen-bond acceptors (Lipinski definition) is 2. The Bertz CT molecular complexity index is 496. The van der Waals surface area contributed by atoms with Crippen molar-refractivity contribution in [3.8, 4) is 0 Å². The number of rotatable bonds is 1. The fraction of sp³-hybridized carbons (Fsp3) is 0.364. The normalized spacial score (nSPS) is 19.5. The van der Waals surface area contributed by atoms with Crippen LogP contribution < -0.4 is 0 Å². The zero-order chi connectivity index (χ0) is 11.1. The molecule has 0 aliphatic carbocycles. The lowest BCUT2D eigenvalue weighted by Crippen LogP contribution is -1.97. The second kappa shape index (κ2) is 5.02. The Kier molecular flexibility index (Phi) is 3.83. The van der Waals surface area contributed by atoms with Gasteiger partial charge in [0, 0.05) is 6.61 Å². The van der Waals surface area contributed by atoms with E-state index >= 15 is 0 Å². The van der Waals surface area contributed by atoms with Crippen LogP contribution in [0.3, 0.4) is 0 Å². The summed E-state index contributed by atoms with van der Waals surface area (Å²) in [6.07, 6.45) is 2.19. The molecule has 6 heteroatoms. The van der Waals surface area contributed by atoms with Crippen LogP contribution in [0.4, 0.5) is 0 Å². The predicted octanol–water partition coefficient (Wildman–Crippen LogP) is 4.14. The first kappa shape index (κ1) is 13.0. The number of H-pyrrole nitrogens is 1. The Morgan fingerprint density at radius 1 is 1.29 bits per heavy atom. The molecule has 0 amide bonds. The topological polar surface area (TPSA) is 37.9 Å². The van der Waals surface area contributed by atoms with Crippen molar-refractivity contribution in [3.63, 3.8) is 0 Å². The summed E-state index contributed by atoms with van der Waals surface area (Å²) in [7, 11) is 0. The molecule has 2 aromatic rings. The molecular formula is C11H11Cl3N2O. The molecular weight excluding hydrogens is 282 g/mol. The van der Waals surface area contributed by atoms with Crippen molar-refractivity contribution in [2.45, 2.75) is 18.9 Å². The Labute approximate surface area is 115 Å². The number of aromatic amines is 1. The molecule has 3 nitrogen and oxygen atoms in total. The van der Waals surface area contributed by atoms with Crippen molar-refractivity contribution in [2.75, 3.05) is 6.61 Å². The summed E-state index contributed by atoms with van der Waals surface area (Å²) in [5, 5.41) is 1.07. The molecule has 0 radical (unpaired) electrons. The standard InChI is InChI=1S/C11H10Cl2N2O.ClH/c12-6-4-8-9(5-7(6)13)15-11(14-8)10-2-1-3-16-10;/h4-5,10H,1-3H2,(H,14,15);1H. The van der Waals surface area contributed by atoms with Gasteiger partial charge in [0.25, 0.3) is 0 Å². The number of hydrogen-bond donors (Lipinski definition) is 1. The third-order valence-corrected chi connectivity index (χ3v) is 3.50. The molecule has 1 atom stereocenters. The number of nitrogens with zero attached hydrogens (tertiary/aromatic N) is 1. The molecule has 92 valence electrons. The molecule has 1 aromatic heterocycles. The van der Waals surface area contributed by atoms with E-state index in [-0.39, 0.29) is 18.5 Å². The summed E-state index contributed by atoms with van der Waals surface area (Å²) in [6.45, 7) is 0.809. The van der Waals surface area contributed by atoms with Crippen LogP contribution >= 0.6 is 35.6 Å². The lowest BCUT2D eigenvalue weighted by molar-refractivity contribution is 0.106. The number of nitrogens with one attached hydrogen (secondary N) is 1. The van der Waals surface area contributed by atoms with Gasteiger partial charge in [-0.1, -0.05) is 23.2 Å². The van der Waals surface area contributed by atoms with E-state index in [1.165, 1.54) is 0 Å². The average molecular weight is 294 g/mol. The van der Waals surface area contributed by atoms with Crippen molar-refractivity contribution < 1.29 is 4.74 Å². The van der Waals surface area contributed by atoms with Gasteiger partial charge in [-0.25, -0.2) is 4.98 Å². The molecule has 1 saturated heterocycles. The minimum atomic E-state index is 0. The molecule has 0 bridgehead atoms. The van der Waals surface area contributed by atoms with Crippen molar-refractivity contribution in [1.82, 2.24) is 9.97 Å². The maximum absolute atomic E-state index is 5.95. The van der Waals surface area contributed by atoms with Crippen molar-refractivity contribution >= 4 is 46.6 Å². The van der Waals surface area contributed by atoms with Crippen LogP contribution in [0.2, 0.25) is 10.0 Å². The summed E-state index contributed by atoms with van der Waals surface area (Å²) in [6, 6.07) is 3.57. The highest BCUT2D eigenvalue weighted by atomic mass is 35.5. The van der Waals surface area contributed by atoms with Gasteiger partial charge in [-0.2, -0.15) is 0 Å². The van der Waals surface area contributed by atoms with Crippen LogP contribution in [0.5, 0.6) is 0 Å². The minimum absolute atomic E-state index is 0. The molecule has 1 aromatic carbocycles. The Hall–Kier alpha value is -0.480. The van der Waals surface area contributed by atoms with Crippen LogP contribution in [0.1, 0.15) is 24.8 Å². The Morgan fingerprint density at radius 2 is 2.06 bits per heavy atom. The summed E-state index contributed by atoms with van der Waals surface area (Å²) >= 11 is 11.9. The third kappa shape index (κ3) is 2.38. The fourth-order valence-electron chi connectivity index (χ4n) is 1.97. The van der Waals surface area contributed by atoms with Gasteiger partial charge in [0.1, 0.15) is 11.9 Å². The van der Waals surface area contributed by atoms with Gasteiger partial charge in [0.05, 0.1) is 21.1 Å². The van der Waals surface area contributed by atoms with Gasteiger partial charge in [-0.05, 0) is 25.0 Å². The highest BCUT2D eigenvalue weighted by molar-refractivity contribution is 6.42. The number of fused-ring (bicyclic) bond motifs is 1.